The van der Waals surface area contributed by atoms with E-state index in [-0.39, 0.29) is 18.4 Å². The summed E-state index contributed by atoms with van der Waals surface area (Å²) in [6, 6.07) is 11.0. The van der Waals surface area contributed by atoms with E-state index in [2.05, 4.69) is 11.4 Å². The molecule has 0 aliphatic carbocycles. The molecule has 6 nitrogen and oxygen atoms in total. The molecule has 1 atom stereocenters. The molecule has 0 saturated carbocycles. The molecule has 0 bridgehead atoms. The maximum absolute atomic E-state index is 13.4. The molecule has 0 spiro atoms. The van der Waals surface area contributed by atoms with Crippen molar-refractivity contribution in [2.45, 2.75) is 60.5 Å². The topological polar surface area (TPSA) is 67.9 Å². The first-order valence-corrected chi connectivity index (χ1v) is 11.6. The summed E-state index contributed by atoms with van der Waals surface area (Å²) in [5.41, 5.74) is 4.09. The third-order valence-corrected chi connectivity index (χ3v) is 5.67. The van der Waals surface area contributed by atoms with Crippen LogP contribution in [0.4, 0.5) is 0 Å². The van der Waals surface area contributed by atoms with Gasteiger partial charge in [-0.2, -0.15) is 0 Å². The largest absolute Gasteiger partial charge is 0.497 e. The lowest BCUT2D eigenvalue weighted by molar-refractivity contribution is -0.143. The highest BCUT2D eigenvalue weighted by molar-refractivity contribution is 5.88. The normalized spacial score (nSPS) is 11.8. The van der Waals surface area contributed by atoms with Gasteiger partial charge < -0.3 is 19.7 Å². The monoisotopic (exact) mass is 454 g/mol. The van der Waals surface area contributed by atoms with Crippen molar-refractivity contribution < 1.29 is 19.1 Å². The average Bonchev–Trinajstić information content (AvgIpc) is 2.78. The summed E-state index contributed by atoms with van der Waals surface area (Å²) < 4.78 is 11.3. The Balaban J connectivity index is 2.27. The molecule has 0 heterocycles. The fourth-order valence-electron chi connectivity index (χ4n) is 3.68. The summed E-state index contributed by atoms with van der Waals surface area (Å²) in [6.45, 7) is 12.7. The number of ether oxygens (including phenoxy) is 2. The zero-order valence-electron chi connectivity index (χ0n) is 21.0. The zero-order chi connectivity index (χ0) is 24.5. The van der Waals surface area contributed by atoms with Gasteiger partial charge in [0.15, 0.2) is 6.61 Å². The Morgan fingerprint density at radius 2 is 1.82 bits per heavy atom. The van der Waals surface area contributed by atoms with Crippen molar-refractivity contribution in [2.24, 2.45) is 5.92 Å². The number of rotatable bonds is 11. The molecule has 6 heteroatoms. The lowest BCUT2D eigenvalue weighted by Crippen LogP contribution is -2.50. The molecule has 33 heavy (non-hydrogen) atoms. The lowest BCUT2D eigenvalue weighted by atomic mass is 10.1. The molecule has 1 N–H and O–H groups in total. The molecule has 0 aliphatic rings. The van der Waals surface area contributed by atoms with Crippen molar-refractivity contribution >= 4 is 11.8 Å². The van der Waals surface area contributed by atoms with E-state index in [4.69, 9.17) is 9.47 Å². The third kappa shape index (κ3) is 7.52. The van der Waals surface area contributed by atoms with Crippen LogP contribution in [0.5, 0.6) is 11.5 Å². The number of amides is 2. The minimum Gasteiger partial charge on any atom is -0.497 e. The Morgan fingerprint density at radius 3 is 2.45 bits per heavy atom. The molecule has 180 valence electrons. The van der Waals surface area contributed by atoms with Gasteiger partial charge in [-0.15, -0.1) is 0 Å². The van der Waals surface area contributed by atoms with Crippen molar-refractivity contribution in [3.05, 3.63) is 58.7 Å². The molecule has 0 fully saturated rings. The van der Waals surface area contributed by atoms with Gasteiger partial charge in [-0.25, -0.2) is 0 Å². The van der Waals surface area contributed by atoms with Crippen LogP contribution in [0.25, 0.3) is 0 Å². The summed E-state index contributed by atoms with van der Waals surface area (Å²) in [6.07, 6.45) is 0.502. The van der Waals surface area contributed by atoms with Crippen molar-refractivity contribution in [1.82, 2.24) is 10.2 Å². The van der Waals surface area contributed by atoms with Gasteiger partial charge >= 0.3 is 0 Å². The van der Waals surface area contributed by atoms with Crippen LogP contribution in [-0.2, 0) is 16.1 Å². The molecule has 2 rings (SSSR count). The van der Waals surface area contributed by atoms with Gasteiger partial charge in [0.05, 0.1) is 7.11 Å². The van der Waals surface area contributed by atoms with E-state index in [1.54, 1.807) is 12.0 Å². The summed E-state index contributed by atoms with van der Waals surface area (Å²) >= 11 is 0. The number of hydrogen-bond acceptors (Lipinski definition) is 4. The van der Waals surface area contributed by atoms with Crippen LogP contribution in [-0.4, -0.2) is 43.0 Å². The van der Waals surface area contributed by atoms with Gasteiger partial charge in [-0.3, -0.25) is 9.59 Å². The van der Waals surface area contributed by atoms with E-state index in [0.29, 0.717) is 36.9 Å². The van der Waals surface area contributed by atoms with Crippen LogP contribution in [0.1, 0.15) is 49.4 Å². The quantitative estimate of drug-likeness (QED) is 0.540. The van der Waals surface area contributed by atoms with Crippen molar-refractivity contribution in [3.63, 3.8) is 0 Å². The maximum Gasteiger partial charge on any atom is 0.261 e. The summed E-state index contributed by atoms with van der Waals surface area (Å²) in [4.78, 5) is 28.0. The van der Waals surface area contributed by atoms with Crippen molar-refractivity contribution in [3.8, 4) is 11.5 Å². The summed E-state index contributed by atoms with van der Waals surface area (Å²) in [7, 11) is 1.61. The van der Waals surface area contributed by atoms with Crippen molar-refractivity contribution in [2.75, 3.05) is 20.3 Å². The highest BCUT2D eigenvalue weighted by Crippen LogP contribution is 2.24. The fourth-order valence-corrected chi connectivity index (χ4v) is 3.68. The molecule has 2 amide bonds. The minimum absolute atomic E-state index is 0.137. The first-order valence-electron chi connectivity index (χ1n) is 11.6. The average molecular weight is 455 g/mol. The van der Waals surface area contributed by atoms with Gasteiger partial charge in [0.2, 0.25) is 5.91 Å². The predicted octanol–water partition coefficient (Wildman–Crippen LogP) is 4.58. The molecule has 0 aliphatic heterocycles. The number of carbonyl (C=O) groups excluding carboxylic acids is 2. The smallest absolute Gasteiger partial charge is 0.261 e. The second-order valence-electron chi connectivity index (χ2n) is 8.93. The van der Waals surface area contributed by atoms with Gasteiger partial charge in [-0.1, -0.05) is 39.0 Å². The van der Waals surface area contributed by atoms with Crippen LogP contribution in [0.15, 0.2) is 36.4 Å². The van der Waals surface area contributed by atoms with E-state index in [1.165, 1.54) is 0 Å². The minimum atomic E-state index is -0.591. The summed E-state index contributed by atoms with van der Waals surface area (Å²) in [5, 5.41) is 2.98. The van der Waals surface area contributed by atoms with Gasteiger partial charge in [0.1, 0.15) is 17.5 Å². The Bertz CT molecular complexity index is 955. The van der Waals surface area contributed by atoms with E-state index >= 15 is 0 Å². The van der Waals surface area contributed by atoms with Gasteiger partial charge in [0, 0.05) is 13.1 Å². The Kier molecular flexibility index (Phi) is 9.76. The Morgan fingerprint density at radius 1 is 1.09 bits per heavy atom. The number of hydrogen-bond donors (Lipinski definition) is 1. The fraction of sp³-hybridized carbons (Fsp3) is 0.481. The first-order chi connectivity index (χ1) is 15.7. The summed E-state index contributed by atoms with van der Waals surface area (Å²) in [5.74, 6) is 1.34. The molecular formula is C27H38N2O4. The van der Waals surface area contributed by atoms with Crippen LogP contribution in [0.2, 0.25) is 0 Å². The second kappa shape index (κ2) is 12.3. The lowest BCUT2D eigenvalue weighted by Gasteiger charge is -2.31. The predicted molar refractivity (Wildman–Crippen MR) is 132 cm³/mol. The highest BCUT2D eigenvalue weighted by atomic mass is 16.5. The maximum atomic E-state index is 13.4. The van der Waals surface area contributed by atoms with E-state index in [0.717, 1.165) is 22.3 Å². The number of benzene rings is 2. The second-order valence-corrected chi connectivity index (χ2v) is 8.93. The molecule has 0 saturated heterocycles. The van der Waals surface area contributed by atoms with E-state index in [1.807, 2.05) is 71.9 Å². The standard InChI is InChI=1S/C27H38N2O4/c1-8-24(27(31)28-15-18(2)3)29(16-22-10-9-11-23(14-22)32-7)26(30)17-33-25-13-19(4)12-20(5)21(25)6/h9-14,18,24H,8,15-17H2,1-7H3,(H,28,31). The zero-order valence-corrected chi connectivity index (χ0v) is 21.0. The van der Waals surface area contributed by atoms with Crippen LogP contribution < -0.4 is 14.8 Å². The Labute approximate surface area is 198 Å². The first kappa shape index (κ1) is 26.2. The molecular weight excluding hydrogens is 416 g/mol. The van der Waals surface area contributed by atoms with E-state index in [9.17, 15) is 9.59 Å². The number of carbonyl (C=O) groups is 2. The number of nitrogens with zero attached hydrogens (tertiary/aromatic N) is 1. The highest BCUT2D eigenvalue weighted by Gasteiger charge is 2.29. The van der Waals surface area contributed by atoms with E-state index < -0.39 is 6.04 Å². The van der Waals surface area contributed by atoms with Gasteiger partial charge in [0.25, 0.3) is 5.91 Å². The molecule has 2 aromatic carbocycles. The molecule has 0 radical (unpaired) electrons. The Hall–Kier alpha value is -3.02. The number of nitrogens with one attached hydrogen (secondary N) is 1. The number of aryl methyl sites for hydroxylation is 2. The van der Waals surface area contributed by atoms with Gasteiger partial charge in [-0.05, 0) is 73.6 Å². The SMILES string of the molecule is CCC(C(=O)NCC(C)C)N(Cc1cccc(OC)c1)C(=O)COc1cc(C)cc(C)c1C. The number of methoxy groups -OCH3 is 1. The third-order valence-electron chi connectivity index (χ3n) is 5.67. The van der Waals surface area contributed by atoms with Crippen LogP contribution in [0.3, 0.4) is 0 Å². The molecule has 2 aromatic rings. The van der Waals surface area contributed by atoms with Crippen molar-refractivity contribution in [1.29, 1.82) is 0 Å². The molecule has 1 unspecified atom stereocenters. The molecule has 0 aromatic heterocycles. The van der Waals surface area contributed by atoms with Crippen LogP contribution >= 0.6 is 0 Å². The van der Waals surface area contributed by atoms with Crippen LogP contribution in [0, 0.1) is 26.7 Å².